The molecule has 0 saturated heterocycles. The van der Waals surface area contributed by atoms with Gasteiger partial charge in [0.25, 0.3) is 5.91 Å². The normalized spacial score (nSPS) is 10.2. The molecule has 104 valence electrons. The highest BCUT2D eigenvalue weighted by molar-refractivity contribution is 7.80. The van der Waals surface area contributed by atoms with Crippen LogP contribution in [0.4, 0.5) is 0 Å². The zero-order chi connectivity index (χ0) is 14.3. The molecule has 0 aliphatic carbocycles. The van der Waals surface area contributed by atoms with Gasteiger partial charge in [-0.25, -0.2) is 0 Å². The van der Waals surface area contributed by atoms with Crippen LogP contribution in [-0.2, 0) is 4.74 Å². The third kappa shape index (κ3) is 4.61. The predicted octanol–water partition coefficient (Wildman–Crippen LogP) is 1.82. The van der Waals surface area contributed by atoms with Gasteiger partial charge < -0.3 is 15.4 Å². The number of carbonyl (C=O) groups is 1. The summed E-state index contributed by atoms with van der Waals surface area (Å²) >= 11 is 4.88. The molecule has 0 heterocycles. The Morgan fingerprint density at radius 3 is 2.32 bits per heavy atom. The molecule has 5 heteroatoms. The molecule has 0 aliphatic rings. The maximum absolute atomic E-state index is 12.3. The lowest BCUT2D eigenvalue weighted by Crippen LogP contribution is -2.33. The number of rotatable bonds is 7. The zero-order valence-electron chi connectivity index (χ0n) is 11.4. The van der Waals surface area contributed by atoms with Gasteiger partial charge in [-0.3, -0.25) is 4.79 Å². The van der Waals surface area contributed by atoms with Gasteiger partial charge in [0.2, 0.25) is 0 Å². The average Bonchev–Trinajstić information content (AvgIpc) is 2.43. The van der Waals surface area contributed by atoms with E-state index in [0.717, 1.165) is 5.56 Å². The molecule has 1 amide bonds. The second-order valence-corrected chi connectivity index (χ2v) is 4.46. The van der Waals surface area contributed by atoms with Crippen LogP contribution >= 0.6 is 12.2 Å². The van der Waals surface area contributed by atoms with Crippen molar-refractivity contribution in [2.24, 2.45) is 5.73 Å². The predicted molar refractivity (Wildman–Crippen MR) is 80.4 cm³/mol. The van der Waals surface area contributed by atoms with Crippen LogP contribution in [0.3, 0.4) is 0 Å². The summed E-state index contributed by atoms with van der Waals surface area (Å²) < 4.78 is 5.27. The van der Waals surface area contributed by atoms with Crippen molar-refractivity contribution in [3.05, 3.63) is 35.4 Å². The largest absolute Gasteiger partial charge is 0.389 e. The fourth-order valence-electron chi connectivity index (χ4n) is 1.68. The van der Waals surface area contributed by atoms with Crippen LogP contribution in [0.1, 0.15) is 29.8 Å². The lowest BCUT2D eigenvalue weighted by molar-refractivity contribution is 0.0669. The number of carbonyl (C=O) groups excluding carboxylic acids is 1. The van der Waals surface area contributed by atoms with Crippen molar-refractivity contribution in [2.45, 2.75) is 13.8 Å². The number of thiocarbonyl (C=S) groups is 1. The number of benzene rings is 1. The molecule has 1 rings (SSSR count). The van der Waals surface area contributed by atoms with E-state index in [4.69, 9.17) is 22.7 Å². The van der Waals surface area contributed by atoms with E-state index in [-0.39, 0.29) is 5.91 Å². The number of hydrogen-bond acceptors (Lipinski definition) is 3. The van der Waals surface area contributed by atoms with E-state index in [1.165, 1.54) is 0 Å². The van der Waals surface area contributed by atoms with Crippen molar-refractivity contribution in [3.8, 4) is 0 Å². The number of nitrogens with two attached hydrogens (primary N) is 1. The number of hydrogen-bond donors (Lipinski definition) is 1. The first kappa shape index (κ1) is 15.6. The van der Waals surface area contributed by atoms with Gasteiger partial charge in [-0.2, -0.15) is 0 Å². The van der Waals surface area contributed by atoms with E-state index in [1.54, 1.807) is 29.2 Å². The van der Waals surface area contributed by atoms with Crippen molar-refractivity contribution in [3.63, 3.8) is 0 Å². The Kier molecular flexibility index (Phi) is 6.45. The highest BCUT2D eigenvalue weighted by Crippen LogP contribution is 2.08. The minimum atomic E-state index is -0.00306. The summed E-state index contributed by atoms with van der Waals surface area (Å²) in [6, 6.07) is 7.04. The van der Waals surface area contributed by atoms with E-state index in [1.807, 2.05) is 13.8 Å². The summed E-state index contributed by atoms with van der Waals surface area (Å²) in [5.41, 5.74) is 6.93. The molecule has 0 fully saturated rings. The van der Waals surface area contributed by atoms with Gasteiger partial charge in [-0.1, -0.05) is 24.4 Å². The van der Waals surface area contributed by atoms with Crippen LogP contribution in [-0.4, -0.2) is 42.1 Å². The van der Waals surface area contributed by atoms with Gasteiger partial charge in [-0.05, 0) is 26.0 Å². The van der Waals surface area contributed by atoms with Crippen LogP contribution in [0.15, 0.2) is 24.3 Å². The highest BCUT2D eigenvalue weighted by Gasteiger charge is 2.13. The third-order valence-corrected chi connectivity index (χ3v) is 3.03. The quantitative estimate of drug-likeness (QED) is 0.611. The van der Waals surface area contributed by atoms with Crippen molar-refractivity contribution < 1.29 is 9.53 Å². The van der Waals surface area contributed by atoms with E-state index in [0.29, 0.717) is 36.9 Å². The van der Waals surface area contributed by atoms with Crippen LogP contribution in [0.2, 0.25) is 0 Å². The lowest BCUT2D eigenvalue weighted by atomic mass is 10.1. The van der Waals surface area contributed by atoms with E-state index in [9.17, 15) is 4.79 Å². The van der Waals surface area contributed by atoms with Gasteiger partial charge in [0, 0.05) is 30.8 Å². The lowest BCUT2D eigenvalue weighted by Gasteiger charge is -2.20. The second kappa shape index (κ2) is 7.86. The molecule has 0 radical (unpaired) electrons. The highest BCUT2D eigenvalue weighted by atomic mass is 32.1. The summed E-state index contributed by atoms with van der Waals surface area (Å²) in [6.45, 7) is 6.36. The zero-order valence-corrected chi connectivity index (χ0v) is 12.2. The van der Waals surface area contributed by atoms with E-state index < -0.39 is 0 Å². The Morgan fingerprint density at radius 2 is 1.84 bits per heavy atom. The molecule has 1 aromatic rings. The van der Waals surface area contributed by atoms with Gasteiger partial charge in [-0.15, -0.1) is 0 Å². The summed E-state index contributed by atoms with van der Waals surface area (Å²) in [5, 5.41) is 0. The molecule has 0 aromatic heterocycles. The van der Waals surface area contributed by atoms with Gasteiger partial charge >= 0.3 is 0 Å². The second-order valence-electron chi connectivity index (χ2n) is 4.02. The Labute approximate surface area is 119 Å². The summed E-state index contributed by atoms with van der Waals surface area (Å²) in [7, 11) is 0. The molecule has 0 aliphatic heterocycles. The monoisotopic (exact) mass is 280 g/mol. The number of ether oxygens (including phenoxy) is 1. The molecule has 0 bridgehead atoms. The van der Waals surface area contributed by atoms with Gasteiger partial charge in [0.05, 0.1) is 6.61 Å². The topological polar surface area (TPSA) is 55.6 Å². The molecule has 4 nitrogen and oxygen atoms in total. The molecule has 0 saturated carbocycles. The Balaban J connectivity index is 2.71. The van der Waals surface area contributed by atoms with Gasteiger partial charge in [0.15, 0.2) is 0 Å². The van der Waals surface area contributed by atoms with Crippen LogP contribution in [0.5, 0.6) is 0 Å². The van der Waals surface area contributed by atoms with E-state index in [2.05, 4.69) is 0 Å². The minimum absolute atomic E-state index is 0.00306. The maximum Gasteiger partial charge on any atom is 0.253 e. The van der Waals surface area contributed by atoms with Gasteiger partial charge in [0.1, 0.15) is 4.99 Å². The van der Waals surface area contributed by atoms with Crippen LogP contribution < -0.4 is 5.73 Å². The summed E-state index contributed by atoms with van der Waals surface area (Å²) in [4.78, 5) is 14.3. The molecular weight excluding hydrogens is 260 g/mol. The van der Waals surface area contributed by atoms with Crippen molar-refractivity contribution in [2.75, 3.05) is 26.3 Å². The molecule has 1 aromatic carbocycles. The maximum atomic E-state index is 12.3. The van der Waals surface area contributed by atoms with Crippen molar-refractivity contribution in [1.29, 1.82) is 0 Å². The molecule has 0 spiro atoms. The third-order valence-electron chi connectivity index (χ3n) is 2.79. The smallest absolute Gasteiger partial charge is 0.253 e. The molecule has 2 N–H and O–H groups in total. The SMILES string of the molecule is CCOCCN(CC)C(=O)c1ccc(C(N)=S)cc1. The first-order valence-corrected chi connectivity index (χ1v) is 6.77. The molecule has 0 atom stereocenters. The Bertz CT molecular complexity index is 432. The van der Waals surface area contributed by atoms with Crippen LogP contribution in [0.25, 0.3) is 0 Å². The molecular formula is C14H20N2O2S. The fourth-order valence-corrected chi connectivity index (χ4v) is 1.82. The molecule has 19 heavy (non-hydrogen) atoms. The fraction of sp³-hybridized carbons (Fsp3) is 0.429. The van der Waals surface area contributed by atoms with E-state index >= 15 is 0 Å². The van der Waals surface area contributed by atoms with Crippen LogP contribution in [0, 0.1) is 0 Å². The first-order valence-electron chi connectivity index (χ1n) is 6.37. The Hall–Kier alpha value is -1.46. The number of nitrogens with zero attached hydrogens (tertiary/aromatic N) is 1. The van der Waals surface area contributed by atoms with Crippen molar-refractivity contribution in [1.82, 2.24) is 4.90 Å². The van der Waals surface area contributed by atoms with Crippen molar-refractivity contribution >= 4 is 23.1 Å². The standard InChI is InChI=1S/C14H20N2O2S/c1-3-16(9-10-18-4-2)14(17)12-7-5-11(6-8-12)13(15)19/h5-8H,3-4,9-10H2,1-2H3,(H2,15,19). The molecule has 0 unspecified atom stereocenters. The number of likely N-dealkylation sites (N-methyl/N-ethyl adjacent to an activating group) is 1. The average molecular weight is 280 g/mol. The first-order chi connectivity index (χ1) is 9.10. The summed E-state index contributed by atoms with van der Waals surface area (Å²) in [5.74, 6) is -0.00306. The number of amides is 1. The minimum Gasteiger partial charge on any atom is -0.389 e. The Morgan fingerprint density at radius 1 is 1.26 bits per heavy atom. The summed E-state index contributed by atoms with van der Waals surface area (Å²) in [6.07, 6.45) is 0.